The minimum absolute atomic E-state index is 0.0392. The summed E-state index contributed by atoms with van der Waals surface area (Å²) in [6, 6.07) is 16.9. The van der Waals surface area contributed by atoms with Gasteiger partial charge in [-0.3, -0.25) is 9.59 Å². The van der Waals surface area contributed by atoms with E-state index in [1.165, 1.54) is 6.39 Å². The Labute approximate surface area is 197 Å². The molecule has 0 fully saturated rings. The van der Waals surface area contributed by atoms with Gasteiger partial charge in [0, 0.05) is 41.9 Å². The van der Waals surface area contributed by atoms with Crippen LogP contribution in [0.15, 0.2) is 65.4 Å². The van der Waals surface area contributed by atoms with Crippen molar-refractivity contribution in [2.75, 3.05) is 37.8 Å². The minimum Gasteiger partial charge on any atom is -0.443 e. The molecule has 0 atom stereocenters. The highest BCUT2D eigenvalue weighted by atomic mass is 16.3. The van der Waals surface area contributed by atoms with Crippen molar-refractivity contribution in [1.29, 1.82) is 0 Å². The van der Waals surface area contributed by atoms with Gasteiger partial charge in [0.15, 0.2) is 17.8 Å². The number of Topliss-reactive ketones (excluding diaryl/α,β-unsaturated/α-hetero) is 1. The zero-order valence-electron chi connectivity index (χ0n) is 19.2. The third-order valence-corrected chi connectivity index (χ3v) is 6.12. The maximum absolute atomic E-state index is 13.0. The predicted octanol–water partition coefficient (Wildman–Crippen LogP) is 4.85. The molecule has 0 spiro atoms. The molecule has 172 valence electrons. The van der Waals surface area contributed by atoms with E-state index in [9.17, 15) is 9.59 Å². The summed E-state index contributed by atoms with van der Waals surface area (Å²) in [5, 5.41) is 6.29. The molecule has 1 heterocycles. The number of carbonyl (C=O) groups excluding carboxylic acids is 2. The molecule has 2 N–H and O–H groups in total. The zero-order valence-corrected chi connectivity index (χ0v) is 19.2. The lowest BCUT2D eigenvalue weighted by Crippen LogP contribution is -2.20. The predicted molar refractivity (Wildman–Crippen MR) is 134 cm³/mol. The number of nitrogens with zero attached hydrogens (tertiary/aromatic N) is 2. The summed E-state index contributed by atoms with van der Waals surface area (Å²) in [5.74, 6) is -0.204. The minimum atomic E-state index is -0.244. The summed E-state index contributed by atoms with van der Waals surface area (Å²) in [6.45, 7) is 1.74. The van der Waals surface area contributed by atoms with Gasteiger partial charge in [0.25, 0.3) is 5.91 Å². The van der Waals surface area contributed by atoms with Crippen molar-refractivity contribution >= 4 is 34.2 Å². The van der Waals surface area contributed by atoms with Gasteiger partial charge < -0.3 is 20.0 Å². The van der Waals surface area contributed by atoms with Crippen molar-refractivity contribution in [1.82, 2.24) is 9.88 Å². The second-order valence-electron chi connectivity index (χ2n) is 8.71. The van der Waals surface area contributed by atoms with Crippen LogP contribution >= 0.6 is 0 Å². The van der Waals surface area contributed by atoms with E-state index < -0.39 is 0 Å². The molecule has 0 unspecified atom stereocenters. The van der Waals surface area contributed by atoms with Crippen molar-refractivity contribution in [3.05, 3.63) is 77.7 Å². The molecule has 0 aliphatic heterocycles. The van der Waals surface area contributed by atoms with E-state index in [-0.39, 0.29) is 11.7 Å². The number of benzene rings is 3. The number of rotatable bonds is 7. The van der Waals surface area contributed by atoms with Gasteiger partial charge in [0.2, 0.25) is 0 Å². The van der Waals surface area contributed by atoms with Crippen LogP contribution in [0, 0.1) is 0 Å². The van der Waals surface area contributed by atoms with Gasteiger partial charge in [-0.2, -0.15) is 0 Å². The molecule has 1 aliphatic rings. The standard InChI is InChI=1S/C27H26N4O3/c1-31(2)15-14-28-18-8-6-17(7-9-18)27(33)30-22-12-10-19(20-11-13-24(32)25(20)22)21-4-3-5-23-26(21)34-16-29-23/h3-10,12,16,28H,11,13-15H2,1-2H3,(H,30,33). The Morgan fingerprint density at radius 2 is 1.85 bits per heavy atom. The number of fused-ring (bicyclic) bond motifs is 2. The molecule has 3 aromatic carbocycles. The number of anilines is 2. The summed E-state index contributed by atoms with van der Waals surface area (Å²) in [4.78, 5) is 32.1. The van der Waals surface area contributed by atoms with Crippen LogP contribution in [-0.4, -0.2) is 48.8 Å². The fourth-order valence-corrected chi connectivity index (χ4v) is 4.40. The van der Waals surface area contributed by atoms with Gasteiger partial charge >= 0.3 is 0 Å². The van der Waals surface area contributed by atoms with Gasteiger partial charge in [-0.25, -0.2) is 4.98 Å². The summed E-state index contributed by atoms with van der Waals surface area (Å²) in [5.41, 5.74) is 6.87. The quantitative estimate of drug-likeness (QED) is 0.415. The highest BCUT2D eigenvalue weighted by Crippen LogP contribution is 2.39. The topological polar surface area (TPSA) is 87.5 Å². The highest BCUT2D eigenvalue weighted by molar-refractivity contribution is 6.13. The zero-order chi connectivity index (χ0) is 23.7. The molecule has 0 saturated heterocycles. The Morgan fingerprint density at radius 1 is 1.03 bits per heavy atom. The van der Waals surface area contributed by atoms with Gasteiger partial charge in [0.05, 0.1) is 5.69 Å². The lowest BCUT2D eigenvalue weighted by molar-refractivity contribution is 0.0995. The second-order valence-corrected chi connectivity index (χ2v) is 8.71. The largest absolute Gasteiger partial charge is 0.443 e. The average Bonchev–Trinajstić information content (AvgIpc) is 3.47. The summed E-state index contributed by atoms with van der Waals surface area (Å²) < 4.78 is 5.62. The number of oxazole rings is 1. The first-order valence-corrected chi connectivity index (χ1v) is 11.3. The molecular weight excluding hydrogens is 428 g/mol. The molecule has 34 heavy (non-hydrogen) atoms. The van der Waals surface area contributed by atoms with Crippen molar-refractivity contribution in [3.63, 3.8) is 0 Å². The molecule has 7 heteroatoms. The van der Waals surface area contributed by atoms with Crippen LogP contribution < -0.4 is 10.6 Å². The highest BCUT2D eigenvalue weighted by Gasteiger charge is 2.28. The molecule has 0 saturated carbocycles. The Balaban J connectivity index is 1.40. The average molecular weight is 455 g/mol. The Hall–Kier alpha value is -3.97. The van der Waals surface area contributed by atoms with Gasteiger partial charge in [-0.1, -0.05) is 18.2 Å². The number of amides is 1. The first-order chi connectivity index (χ1) is 16.5. The fraction of sp³-hybridized carbons (Fsp3) is 0.222. The number of hydrogen-bond donors (Lipinski definition) is 2. The summed E-state index contributed by atoms with van der Waals surface area (Å²) in [7, 11) is 4.05. The normalized spacial score (nSPS) is 12.9. The molecule has 1 aromatic heterocycles. The van der Waals surface area contributed by atoms with Crippen LogP contribution in [-0.2, 0) is 6.42 Å². The monoisotopic (exact) mass is 454 g/mol. The van der Waals surface area contributed by atoms with E-state index in [2.05, 4.69) is 20.5 Å². The van der Waals surface area contributed by atoms with Crippen LogP contribution in [0.2, 0.25) is 0 Å². The van der Waals surface area contributed by atoms with E-state index >= 15 is 0 Å². The van der Waals surface area contributed by atoms with Crippen molar-refractivity contribution in [3.8, 4) is 11.1 Å². The molecule has 4 aromatic rings. The molecule has 0 bridgehead atoms. The number of carbonyl (C=O) groups is 2. The van der Waals surface area contributed by atoms with Crippen LogP contribution in [0.3, 0.4) is 0 Å². The van der Waals surface area contributed by atoms with E-state index in [0.29, 0.717) is 35.2 Å². The van der Waals surface area contributed by atoms with Crippen molar-refractivity contribution in [2.24, 2.45) is 0 Å². The molecule has 7 nitrogen and oxygen atoms in total. The first kappa shape index (κ1) is 21.9. The SMILES string of the molecule is CN(C)CCNc1ccc(C(=O)Nc2ccc(-c3cccc4ncoc34)c3c2C(=O)CC3)cc1. The molecular formula is C27H26N4O3. The van der Waals surface area contributed by atoms with Crippen LogP contribution in [0.4, 0.5) is 11.4 Å². The number of ketones is 1. The van der Waals surface area contributed by atoms with E-state index in [1.807, 2.05) is 56.6 Å². The maximum atomic E-state index is 13.0. The van der Waals surface area contributed by atoms with Gasteiger partial charge in [-0.15, -0.1) is 0 Å². The van der Waals surface area contributed by atoms with Gasteiger partial charge in [0.1, 0.15) is 5.52 Å². The number of hydrogen-bond acceptors (Lipinski definition) is 6. The molecule has 5 rings (SSSR count). The molecule has 0 radical (unpaired) electrons. The Morgan fingerprint density at radius 3 is 2.65 bits per heavy atom. The second kappa shape index (κ2) is 9.11. The lowest BCUT2D eigenvalue weighted by atomic mass is 9.95. The van der Waals surface area contributed by atoms with Crippen molar-refractivity contribution < 1.29 is 14.0 Å². The van der Waals surface area contributed by atoms with Crippen LogP contribution in [0.1, 0.15) is 32.7 Å². The van der Waals surface area contributed by atoms with Gasteiger partial charge in [-0.05, 0) is 68.0 Å². The van der Waals surface area contributed by atoms with E-state index in [4.69, 9.17) is 4.42 Å². The summed E-state index contributed by atoms with van der Waals surface area (Å²) in [6.07, 6.45) is 2.48. The van der Waals surface area contributed by atoms with Crippen LogP contribution in [0.25, 0.3) is 22.2 Å². The number of nitrogens with one attached hydrogen (secondary N) is 2. The van der Waals surface area contributed by atoms with Crippen molar-refractivity contribution in [2.45, 2.75) is 12.8 Å². The third kappa shape index (κ3) is 4.18. The lowest BCUT2D eigenvalue weighted by Gasteiger charge is -2.14. The third-order valence-electron chi connectivity index (χ3n) is 6.12. The van der Waals surface area contributed by atoms with E-state index in [1.54, 1.807) is 12.1 Å². The Kier molecular flexibility index (Phi) is 5.86. The van der Waals surface area contributed by atoms with Crippen LogP contribution in [0.5, 0.6) is 0 Å². The molecule has 1 aliphatic carbocycles. The number of likely N-dealkylation sites (N-methyl/N-ethyl adjacent to an activating group) is 1. The number of aromatic nitrogens is 1. The maximum Gasteiger partial charge on any atom is 0.255 e. The summed E-state index contributed by atoms with van der Waals surface area (Å²) >= 11 is 0. The Bertz CT molecular complexity index is 1370. The molecule has 1 amide bonds. The fourth-order valence-electron chi connectivity index (χ4n) is 4.40. The smallest absolute Gasteiger partial charge is 0.255 e. The number of para-hydroxylation sites is 1. The van der Waals surface area contributed by atoms with E-state index in [0.717, 1.165) is 41.0 Å². The first-order valence-electron chi connectivity index (χ1n) is 11.3.